The molecule has 0 aliphatic carbocycles. The SMILES string of the molecule is CC(C)(C)OC(=O)Nc1cc2c(cc1N)OCO2. The highest BCUT2D eigenvalue weighted by Gasteiger charge is 2.20. The van der Waals surface area contributed by atoms with Crippen LogP contribution in [0.15, 0.2) is 12.1 Å². The Morgan fingerprint density at radius 2 is 1.94 bits per heavy atom. The molecule has 6 heteroatoms. The van der Waals surface area contributed by atoms with Crippen molar-refractivity contribution in [2.75, 3.05) is 17.8 Å². The molecular formula is C12H16N2O4. The van der Waals surface area contributed by atoms with Crippen molar-refractivity contribution in [2.45, 2.75) is 26.4 Å². The van der Waals surface area contributed by atoms with Gasteiger partial charge in [0.05, 0.1) is 11.4 Å². The van der Waals surface area contributed by atoms with E-state index in [1.807, 2.05) is 0 Å². The van der Waals surface area contributed by atoms with Gasteiger partial charge in [0.1, 0.15) is 5.60 Å². The molecule has 1 aliphatic heterocycles. The number of hydrogen-bond acceptors (Lipinski definition) is 5. The van der Waals surface area contributed by atoms with Crippen LogP contribution in [0.2, 0.25) is 0 Å². The summed E-state index contributed by atoms with van der Waals surface area (Å²) in [7, 11) is 0. The number of nitrogen functional groups attached to an aromatic ring is 1. The molecule has 0 aromatic heterocycles. The average Bonchev–Trinajstić information content (AvgIpc) is 2.62. The van der Waals surface area contributed by atoms with Crippen LogP contribution < -0.4 is 20.5 Å². The van der Waals surface area contributed by atoms with E-state index in [1.54, 1.807) is 32.9 Å². The summed E-state index contributed by atoms with van der Waals surface area (Å²) in [4.78, 5) is 11.6. The van der Waals surface area contributed by atoms with Crippen molar-refractivity contribution in [2.24, 2.45) is 0 Å². The Bertz CT molecular complexity index is 480. The fraction of sp³-hybridized carbons (Fsp3) is 0.417. The van der Waals surface area contributed by atoms with E-state index in [0.29, 0.717) is 22.9 Å². The number of benzene rings is 1. The Balaban J connectivity index is 2.12. The maximum absolute atomic E-state index is 11.6. The van der Waals surface area contributed by atoms with Gasteiger partial charge in [0, 0.05) is 12.1 Å². The highest BCUT2D eigenvalue weighted by Crippen LogP contribution is 2.38. The van der Waals surface area contributed by atoms with Crippen LogP contribution in [0.3, 0.4) is 0 Å². The first kappa shape index (κ1) is 12.3. The lowest BCUT2D eigenvalue weighted by atomic mass is 10.2. The van der Waals surface area contributed by atoms with Gasteiger partial charge in [-0.05, 0) is 20.8 Å². The topological polar surface area (TPSA) is 82.8 Å². The van der Waals surface area contributed by atoms with E-state index >= 15 is 0 Å². The van der Waals surface area contributed by atoms with Crippen molar-refractivity contribution in [1.82, 2.24) is 0 Å². The van der Waals surface area contributed by atoms with Crippen LogP contribution >= 0.6 is 0 Å². The van der Waals surface area contributed by atoms with E-state index < -0.39 is 11.7 Å². The summed E-state index contributed by atoms with van der Waals surface area (Å²) < 4.78 is 15.5. The smallest absolute Gasteiger partial charge is 0.412 e. The number of ether oxygens (including phenoxy) is 3. The predicted molar refractivity (Wildman–Crippen MR) is 66.8 cm³/mol. The lowest BCUT2D eigenvalue weighted by molar-refractivity contribution is 0.0636. The van der Waals surface area contributed by atoms with Gasteiger partial charge in [0.15, 0.2) is 11.5 Å². The maximum atomic E-state index is 11.6. The Morgan fingerprint density at radius 3 is 2.56 bits per heavy atom. The molecule has 1 amide bonds. The van der Waals surface area contributed by atoms with Crippen LogP contribution in [0, 0.1) is 0 Å². The largest absolute Gasteiger partial charge is 0.454 e. The van der Waals surface area contributed by atoms with Gasteiger partial charge in [-0.15, -0.1) is 0 Å². The Kier molecular flexibility index (Phi) is 2.94. The number of fused-ring (bicyclic) bond motifs is 1. The van der Waals surface area contributed by atoms with Gasteiger partial charge in [-0.2, -0.15) is 0 Å². The molecule has 1 aromatic carbocycles. The molecule has 2 rings (SSSR count). The minimum Gasteiger partial charge on any atom is -0.454 e. The first-order valence-electron chi connectivity index (χ1n) is 5.54. The number of anilines is 2. The van der Waals surface area contributed by atoms with E-state index in [-0.39, 0.29) is 6.79 Å². The van der Waals surface area contributed by atoms with E-state index in [0.717, 1.165) is 0 Å². The summed E-state index contributed by atoms with van der Waals surface area (Å²) >= 11 is 0. The summed E-state index contributed by atoms with van der Waals surface area (Å²) in [5, 5.41) is 2.57. The zero-order valence-corrected chi connectivity index (χ0v) is 10.6. The van der Waals surface area contributed by atoms with Crippen LogP contribution in [0.4, 0.5) is 16.2 Å². The van der Waals surface area contributed by atoms with Crippen molar-refractivity contribution < 1.29 is 19.0 Å². The molecule has 0 atom stereocenters. The molecule has 0 fully saturated rings. The van der Waals surface area contributed by atoms with Crippen LogP contribution in [-0.2, 0) is 4.74 Å². The third kappa shape index (κ3) is 2.77. The number of nitrogens with one attached hydrogen (secondary N) is 1. The van der Waals surface area contributed by atoms with Gasteiger partial charge in [0.25, 0.3) is 0 Å². The predicted octanol–water partition coefficient (Wildman–Crippen LogP) is 2.34. The average molecular weight is 252 g/mol. The molecule has 18 heavy (non-hydrogen) atoms. The van der Waals surface area contributed by atoms with Crippen LogP contribution in [0.25, 0.3) is 0 Å². The van der Waals surface area contributed by atoms with Crippen LogP contribution in [-0.4, -0.2) is 18.5 Å². The molecule has 0 spiro atoms. The second-order valence-electron chi connectivity index (χ2n) is 4.92. The monoisotopic (exact) mass is 252 g/mol. The van der Waals surface area contributed by atoms with Crippen LogP contribution in [0.5, 0.6) is 11.5 Å². The standard InChI is InChI=1S/C12H16N2O4/c1-12(2,3)18-11(15)14-8-5-10-9(4-7(8)13)16-6-17-10/h4-5H,6,13H2,1-3H3,(H,14,15). The van der Waals surface area contributed by atoms with Gasteiger partial charge in [0.2, 0.25) is 6.79 Å². The van der Waals surface area contributed by atoms with Gasteiger partial charge in [-0.1, -0.05) is 0 Å². The number of amides is 1. The maximum Gasteiger partial charge on any atom is 0.412 e. The summed E-state index contributed by atoms with van der Waals surface area (Å²) in [5.74, 6) is 1.12. The lowest BCUT2D eigenvalue weighted by Gasteiger charge is -2.20. The number of hydrogen-bond donors (Lipinski definition) is 2. The minimum absolute atomic E-state index is 0.157. The number of carbonyl (C=O) groups excluding carboxylic acids is 1. The summed E-state index contributed by atoms with van der Waals surface area (Å²) in [6.45, 7) is 5.52. The Morgan fingerprint density at radius 1 is 1.33 bits per heavy atom. The molecule has 0 saturated carbocycles. The molecule has 3 N–H and O–H groups in total. The first-order valence-corrected chi connectivity index (χ1v) is 5.54. The fourth-order valence-electron chi connectivity index (χ4n) is 1.48. The number of rotatable bonds is 1. The zero-order chi connectivity index (χ0) is 13.3. The van der Waals surface area contributed by atoms with Crippen molar-refractivity contribution in [3.05, 3.63) is 12.1 Å². The molecule has 0 unspecified atom stereocenters. The third-order valence-electron chi connectivity index (χ3n) is 2.18. The second kappa shape index (κ2) is 4.29. The Hall–Kier alpha value is -2.11. The van der Waals surface area contributed by atoms with Crippen LogP contribution in [0.1, 0.15) is 20.8 Å². The molecule has 1 heterocycles. The molecule has 1 aromatic rings. The number of carbonyl (C=O) groups is 1. The summed E-state index contributed by atoms with van der Waals surface area (Å²) in [6.07, 6.45) is -0.562. The number of nitrogens with two attached hydrogens (primary N) is 1. The molecular weight excluding hydrogens is 236 g/mol. The summed E-state index contributed by atoms with van der Waals surface area (Å²) in [6, 6.07) is 3.22. The molecule has 1 aliphatic rings. The fourth-order valence-corrected chi connectivity index (χ4v) is 1.48. The molecule has 0 saturated heterocycles. The molecule has 0 bridgehead atoms. The van der Waals surface area contributed by atoms with E-state index in [2.05, 4.69) is 5.32 Å². The molecule has 98 valence electrons. The minimum atomic E-state index is -0.562. The highest BCUT2D eigenvalue weighted by atomic mass is 16.7. The second-order valence-corrected chi connectivity index (χ2v) is 4.92. The lowest BCUT2D eigenvalue weighted by Crippen LogP contribution is -2.27. The van der Waals surface area contributed by atoms with Crippen molar-refractivity contribution in [3.63, 3.8) is 0 Å². The van der Waals surface area contributed by atoms with Crippen molar-refractivity contribution >= 4 is 17.5 Å². The van der Waals surface area contributed by atoms with Gasteiger partial charge >= 0.3 is 6.09 Å². The Labute approximate surface area is 105 Å². The normalized spacial score (nSPS) is 13.3. The zero-order valence-electron chi connectivity index (χ0n) is 10.6. The molecule has 6 nitrogen and oxygen atoms in total. The first-order chi connectivity index (χ1) is 8.35. The van der Waals surface area contributed by atoms with E-state index in [1.165, 1.54) is 0 Å². The van der Waals surface area contributed by atoms with Crippen molar-refractivity contribution in [3.8, 4) is 11.5 Å². The molecule has 0 radical (unpaired) electrons. The quantitative estimate of drug-likeness (QED) is 0.749. The van der Waals surface area contributed by atoms with E-state index in [9.17, 15) is 4.79 Å². The van der Waals surface area contributed by atoms with Gasteiger partial charge < -0.3 is 19.9 Å². The van der Waals surface area contributed by atoms with Gasteiger partial charge in [-0.3, -0.25) is 5.32 Å². The summed E-state index contributed by atoms with van der Waals surface area (Å²) in [5.41, 5.74) is 6.07. The highest BCUT2D eigenvalue weighted by molar-refractivity contribution is 5.90. The van der Waals surface area contributed by atoms with E-state index in [4.69, 9.17) is 19.9 Å². The third-order valence-corrected chi connectivity index (χ3v) is 2.18. The van der Waals surface area contributed by atoms with Gasteiger partial charge in [-0.25, -0.2) is 4.79 Å². The van der Waals surface area contributed by atoms with Crippen molar-refractivity contribution in [1.29, 1.82) is 0 Å².